The van der Waals surface area contributed by atoms with Gasteiger partial charge in [-0.15, -0.1) is 5.10 Å². The Balaban J connectivity index is 2.41. The molecule has 19 heavy (non-hydrogen) atoms. The maximum absolute atomic E-state index is 6.27. The molecule has 0 aliphatic carbocycles. The monoisotopic (exact) mass is 299 g/mol. The zero-order valence-electron chi connectivity index (χ0n) is 11.4. The Kier molecular flexibility index (Phi) is 4.90. The topological polar surface area (TPSA) is 55.6 Å². The average molecular weight is 300 g/mol. The standard InChI is InChI=1S/C12H18ClN5S/c1-4-6-14-10(11-8(13)7-15-18(11)3)12-9(5-2)16-17-19-12/h7,10,14H,4-6H2,1-3H3. The van der Waals surface area contributed by atoms with Crippen molar-refractivity contribution in [2.45, 2.75) is 32.7 Å². The number of hydrogen-bond acceptors (Lipinski definition) is 5. The first-order valence-electron chi connectivity index (χ1n) is 6.40. The van der Waals surface area contributed by atoms with Crippen LogP contribution in [0.5, 0.6) is 0 Å². The molecule has 0 saturated carbocycles. The lowest BCUT2D eigenvalue weighted by Gasteiger charge is -2.18. The van der Waals surface area contributed by atoms with Crippen molar-refractivity contribution in [1.82, 2.24) is 24.7 Å². The number of hydrogen-bond donors (Lipinski definition) is 1. The van der Waals surface area contributed by atoms with Gasteiger partial charge in [0, 0.05) is 7.05 Å². The molecule has 104 valence electrons. The molecule has 0 aliphatic heterocycles. The van der Waals surface area contributed by atoms with E-state index < -0.39 is 0 Å². The van der Waals surface area contributed by atoms with Gasteiger partial charge in [0.25, 0.3) is 0 Å². The van der Waals surface area contributed by atoms with Crippen LogP contribution in [0.4, 0.5) is 0 Å². The fourth-order valence-corrected chi connectivity index (χ4v) is 3.12. The van der Waals surface area contributed by atoms with Crippen molar-refractivity contribution in [3.8, 4) is 0 Å². The van der Waals surface area contributed by atoms with Gasteiger partial charge in [0.05, 0.1) is 33.5 Å². The largest absolute Gasteiger partial charge is 0.304 e. The molecule has 0 saturated heterocycles. The van der Waals surface area contributed by atoms with Crippen LogP contribution in [0.1, 0.15) is 42.6 Å². The molecular weight excluding hydrogens is 282 g/mol. The van der Waals surface area contributed by atoms with E-state index >= 15 is 0 Å². The van der Waals surface area contributed by atoms with E-state index in [-0.39, 0.29) is 6.04 Å². The van der Waals surface area contributed by atoms with Gasteiger partial charge in [-0.05, 0) is 30.9 Å². The summed E-state index contributed by atoms with van der Waals surface area (Å²) in [6.45, 7) is 5.13. The predicted octanol–water partition coefficient (Wildman–Crippen LogP) is 2.58. The lowest BCUT2D eigenvalue weighted by atomic mass is 10.1. The van der Waals surface area contributed by atoms with Crippen molar-refractivity contribution >= 4 is 23.1 Å². The first-order chi connectivity index (χ1) is 9.19. The van der Waals surface area contributed by atoms with Crippen LogP contribution in [-0.4, -0.2) is 25.9 Å². The number of halogens is 1. The molecule has 0 amide bonds. The van der Waals surface area contributed by atoms with E-state index in [4.69, 9.17) is 11.6 Å². The van der Waals surface area contributed by atoms with Crippen LogP contribution < -0.4 is 5.32 Å². The van der Waals surface area contributed by atoms with Gasteiger partial charge in [0.1, 0.15) is 0 Å². The summed E-state index contributed by atoms with van der Waals surface area (Å²) in [5.74, 6) is 0. The van der Waals surface area contributed by atoms with Crippen molar-refractivity contribution in [3.63, 3.8) is 0 Å². The Morgan fingerprint density at radius 1 is 1.47 bits per heavy atom. The highest BCUT2D eigenvalue weighted by Crippen LogP contribution is 2.31. The zero-order chi connectivity index (χ0) is 13.8. The van der Waals surface area contributed by atoms with Crippen LogP contribution in [0.25, 0.3) is 0 Å². The minimum absolute atomic E-state index is 0.00917. The summed E-state index contributed by atoms with van der Waals surface area (Å²) in [4.78, 5) is 1.13. The summed E-state index contributed by atoms with van der Waals surface area (Å²) >= 11 is 7.70. The number of nitrogens with zero attached hydrogens (tertiary/aromatic N) is 4. The number of nitrogens with one attached hydrogen (secondary N) is 1. The van der Waals surface area contributed by atoms with Crippen LogP contribution >= 0.6 is 23.1 Å². The molecule has 2 rings (SSSR count). The molecule has 2 heterocycles. The molecule has 1 unspecified atom stereocenters. The van der Waals surface area contributed by atoms with Gasteiger partial charge in [0.15, 0.2) is 0 Å². The van der Waals surface area contributed by atoms with Gasteiger partial charge in [-0.1, -0.05) is 29.9 Å². The van der Waals surface area contributed by atoms with Crippen molar-refractivity contribution in [2.75, 3.05) is 6.54 Å². The quantitative estimate of drug-likeness (QED) is 0.891. The number of rotatable bonds is 6. The van der Waals surface area contributed by atoms with Crippen molar-refractivity contribution in [3.05, 3.63) is 27.5 Å². The number of aromatic nitrogens is 4. The summed E-state index contributed by atoms with van der Waals surface area (Å²) in [6.07, 6.45) is 3.60. The Hall–Kier alpha value is -0.980. The molecule has 0 aromatic carbocycles. The van der Waals surface area contributed by atoms with Crippen LogP contribution in [0.3, 0.4) is 0 Å². The van der Waals surface area contributed by atoms with Gasteiger partial charge >= 0.3 is 0 Å². The molecule has 0 fully saturated rings. The van der Waals surface area contributed by atoms with Crippen LogP contribution in [0.15, 0.2) is 6.20 Å². The van der Waals surface area contributed by atoms with Crippen LogP contribution in [-0.2, 0) is 13.5 Å². The normalized spacial score (nSPS) is 12.8. The molecule has 0 radical (unpaired) electrons. The highest BCUT2D eigenvalue weighted by atomic mass is 35.5. The molecular formula is C12H18ClN5S. The molecule has 0 spiro atoms. The highest BCUT2D eigenvalue weighted by molar-refractivity contribution is 7.05. The molecule has 0 aliphatic rings. The Morgan fingerprint density at radius 3 is 2.84 bits per heavy atom. The number of aryl methyl sites for hydroxylation is 2. The first-order valence-corrected chi connectivity index (χ1v) is 7.56. The van der Waals surface area contributed by atoms with Crippen molar-refractivity contribution in [1.29, 1.82) is 0 Å². The lowest BCUT2D eigenvalue weighted by Crippen LogP contribution is -2.25. The third-order valence-corrected chi connectivity index (χ3v) is 4.11. The van der Waals surface area contributed by atoms with Crippen LogP contribution in [0, 0.1) is 0 Å². The summed E-state index contributed by atoms with van der Waals surface area (Å²) in [6, 6.07) is 0.00917. The molecule has 1 atom stereocenters. The second-order valence-corrected chi connectivity index (χ2v) is 5.52. The zero-order valence-corrected chi connectivity index (χ0v) is 12.9. The van der Waals surface area contributed by atoms with Crippen LogP contribution in [0.2, 0.25) is 5.02 Å². The SMILES string of the molecule is CCCNC(c1snnc1CC)c1c(Cl)cnn1C. The second kappa shape index (κ2) is 6.45. The smallest absolute Gasteiger partial charge is 0.0892 e. The Morgan fingerprint density at radius 2 is 2.26 bits per heavy atom. The van der Waals surface area contributed by atoms with Gasteiger partial charge in [-0.3, -0.25) is 4.68 Å². The Labute approximate surface area is 122 Å². The van der Waals surface area contributed by atoms with E-state index in [1.54, 1.807) is 6.20 Å². The molecule has 2 aromatic heterocycles. The molecule has 0 bridgehead atoms. The van der Waals surface area contributed by atoms with E-state index in [2.05, 4.69) is 33.8 Å². The predicted molar refractivity (Wildman–Crippen MR) is 77.6 cm³/mol. The van der Waals surface area contributed by atoms with E-state index in [0.717, 1.165) is 35.7 Å². The first kappa shape index (κ1) is 14.4. The average Bonchev–Trinajstić information content (AvgIpc) is 3.00. The molecule has 1 N–H and O–H groups in total. The summed E-state index contributed by atoms with van der Waals surface area (Å²) in [7, 11) is 1.90. The molecule has 5 nitrogen and oxygen atoms in total. The minimum Gasteiger partial charge on any atom is -0.304 e. The summed E-state index contributed by atoms with van der Waals surface area (Å²) in [5.41, 5.74) is 1.99. The fourth-order valence-electron chi connectivity index (χ4n) is 2.03. The summed E-state index contributed by atoms with van der Waals surface area (Å²) < 4.78 is 5.88. The fraction of sp³-hybridized carbons (Fsp3) is 0.583. The van der Waals surface area contributed by atoms with E-state index in [1.807, 2.05) is 11.7 Å². The summed E-state index contributed by atoms with van der Waals surface area (Å²) in [5, 5.41) is 12.6. The molecule has 2 aromatic rings. The van der Waals surface area contributed by atoms with Gasteiger partial charge < -0.3 is 5.32 Å². The maximum atomic E-state index is 6.27. The molecule has 7 heteroatoms. The maximum Gasteiger partial charge on any atom is 0.0892 e. The Bertz CT molecular complexity index is 516. The van der Waals surface area contributed by atoms with Gasteiger partial charge in [0.2, 0.25) is 0 Å². The third-order valence-electron chi connectivity index (χ3n) is 2.99. The van der Waals surface area contributed by atoms with E-state index in [1.165, 1.54) is 11.5 Å². The van der Waals surface area contributed by atoms with Gasteiger partial charge in [-0.2, -0.15) is 5.10 Å². The van der Waals surface area contributed by atoms with Crippen molar-refractivity contribution < 1.29 is 0 Å². The van der Waals surface area contributed by atoms with E-state index in [9.17, 15) is 0 Å². The third kappa shape index (κ3) is 2.96. The lowest BCUT2D eigenvalue weighted by molar-refractivity contribution is 0.556. The van der Waals surface area contributed by atoms with E-state index in [0.29, 0.717) is 5.02 Å². The van der Waals surface area contributed by atoms with Gasteiger partial charge in [-0.25, -0.2) is 0 Å². The second-order valence-electron chi connectivity index (χ2n) is 4.33. The minimum atomic E-state index is 0.00917. The highest BCUT2D eigenvalue weighted by Gasteiger charge is 2.25. The van der Waals surface area contributed by atoms with Crippen molar-refractivity contribution in [2.24, 2.45) is 7.05 Å².